The monoisotopic (exact) mass is 467 g/mol. The van der Waals surface area contributed by atoms with Crippen LogP contribution in [0.2, 0.25) is 0 Å². The molecule has 3 heterocycles. The molecule has 1 fully saturated rings. The minimum atomic E-state index is -0.139. The molecule has 1 aliphatic heterocycles. The molecule has 31 heavy (non-hydrogen) atoms. The van der Waals surface area contributed by atoms with Gasteiger partial charge >= 0.3 is 0 Å². The van der Waals surface area contributed by atoms with E-state index in [2.05, 4.69) is 10.00 Å². The Hall–Kier alpha value is -2.40. The second kappa shape index (κ2) is 10.3. The largest absolute Gasteiger partial charge is 0.495 e. The number of nitrogens with zero attached hydrogens (tertiary/aromatic N) is 5. The van der Waals surface area contributed by atoms with E-state index in [1.54, 1.807) is 43.1 Å². The average Bonchev–Trinajstić information content (AvgIpc) is 3.40. The number of hydrogen-bond acceptors (Lipinski definition) is 8. The predicted molar refractivity (Wildman–Crippen MR) is 122 cm³/mol. The van der Waals surface area contributed by atoms with Gasteiger partial charge in [-0.25, -0.2) is 4.98 Å². The number of aryl methyl sites for hydroxylation is 1. The number of fused-ring (bicyclic) bond motifs is 1. The van der Waals surface area contributed by atoms with Crippen LogP contribution in [0.15, 0.2) is 24.4 Å². The Bertz CT molecular complexity index is 993. The Labute approximate surface area is 190 Å². The van der Waals surface area contributed by atoms with Crippen molar-refractivity contribution in [1.82, 2.24) is 19.7 Å². The van der Waals surface area contributed by atoms with Crippen LogP contribution in [0.5, 0.6) is 11.5 Å². The molecule has 0 N–H and O–H groups in total. The summed E-state index contributed by atoms with van der Waals surface area (Å²) in [7, 11) is 4.99. The van der Waals surface area contributed by atoms with Crippen molar-refractivity contribution in [2.24, 2.45) is 7.05 Å². The van der Waals surface area contributed by atoms with Crippen LogP contribution in [0.4, 0.5) is 5.13 Å². The number of amides is 1. The second-order valence-electron chi connectivity index (χ2n) is 6.90. The van der Waals surface area contributed by atoms with Crippen LogP contribution in [-0.4, -0.2) is 79.2 Å². The number of ether oxygens (including phenoxy) is 3. The van der Waals surface area contributed by atoms with Gasteiger partial charge in [0.05, 0.1) is 27.4 Å². The molecule has 9 nitrogen and oxygen atoms in total. The smallest absolute Gasteiger partial charge is 0.278 e. The fourth-order valence-electron chi connectivity index (χ4n) is 3.46. The number of halogens is 1. The molecule has 0 atom stereocenters. The molecular weight excluding hydrogens is 442 g/mol. The van der Waals surface area contributed by atoms with Crippen molar-refractivity contribution in [3.63, 3.8) is 0 Å². The average molecular weight is 468 g/mol. The summed E-state index contributed by atoms with van der Waals surface area (Å²) in [5.41, 5.74) is 1.20. The molecule has 1 aliphatic rings. The third-order valence-corrected chi connectivity index (χ3v) is 6.25. The molecule has 168 valence electrons. The van der Waals surface area contributed by atoms with Crippen LogP contribution < -0.4 is 14.4 Å². The molecule has 1 amide bonds. The van der Waals surface area contributed by atoms with Gasteiger partial charge in [0.1, 0.15) is 27.4 Å². The lowest BCUT2D eigenvalue weighted by molar-refractivity contribution is 0.0391. The number of hydrogen-bond donors (Lipinski definition) is 0. The molecular formula is C20H26ClN5O4S. The first-order valence-corrected chi connectivity index (χ1v) is 10.6. The maximum absolute atomic E-state index is 13.4. The van der Waals surface area contributed by atoms with E-state index in [-0.39, 0.29) is 18.3 Å². The molecule has 2 aromatic heterocycles. The van der Waals surface area contributed by atoms with E-state index in [0.29, 0.717) is 47.6 Å². The highest BCUT2D eigenvalue weighted by Crippen LogP contribution is 2.40. The first kappa shape index (κ1) is 23.3. The normalized spacial score (nSPS) is 14.3. The molecule has 0 unspecified atom stereocenters. The highest BCUT2D eigenvalue weighted by atomic mass is 35.5. The Morgan fingerprint density at radius 3 is 2.55 bits per heavy atom. The Morgan fingerprint density at radius 2 is 1.90 bits per heavy atom. The van der Waals surface area contributed by atoms with Gasteiger partial charge < -0.3 is 14.2 Å². The van der Waals surface area contributed by atoms with Gasteiger partial charge in [-0.2, -0.15) is 5.10 Å². The van der Waals surface area contributed by atoms with Crippen LogP contribution in [0.1, 0.15) is 10.5 Å². The number of carbonyl (C=O) groups is 1. The maximum atomic E-state index is 13.4. The lowest BCUT2D eigenvalue weighted by atomic mass is 10.3. The third-order valence-electron chi connectivity index (χ3n) is 5.16. The molecule has 0 bridgehead atoms. The zero-order valence-corrected chi connectivity index (χ0v) is 19.4. The Morgan fingerprint density at radius 1 is 1.19 bits per heavy atom. The van der Waals surface area contributed by atoms with Gasteiger partial charge in [-0.05, 0) is 18.2 Å². The fraction of sp³-hybridized carbons (Fsp3) is 0.450. The summed E-state index contributed by atoms with van der Waals surface area (Å²) in [6.07, 6.45) is 1.62. The lowest BCUT2D eigenvalue weighted by Crippen LogP contribution is -2.43. The van der Waals surface area contributed by atoms with Crippen LogP contribution in [0.3, 0.4) is 0 Å². The van der Waals surface area contributed by atoms with Gasteiger partial charge in [-0.3, -0.25) is 19.3 Å². The van der Waals surface area contributed by atoms with Crippen molar-refractivity contribution in [3.8, 4) is 11.5 Å². The number of benzene rings is 1. The van der Waals surface area contributed by atoms with Crippen molar-refractivity contribution >= 4 is 45.0 Å². The van der Waals surface area contributed by atoms with Gasteiger partial charge in [0.15, 0.2) is 5.13 Å². The van der Waals surface area contributed by atoms with E-state index in [1.807, 2.05) is 12.1 Å². The molecule has 1 aromatic carbocycles. The molecule has 1 saturated heterocycles. The van der Waals surface area contributed by atoms with E-state index in [1.165, 1.54) is 11.3 Å². The summed E-state index contributed by atoms with van der Waals surface area (Å²) in [6, 6.07) is 5.40. The number of thiazole rings is 1. The topological polar surface area (TPSA) is 82.0 Å². The number of morpholine rings is 1. The summed E-state index contributed by atoms with van der Waals surface area (Å²) in [5, 5.41) is 4.75. The van der Waals surface area contributed by atoms with Gasteiger partial charge in [0, 0.05) is 39.4 Å². The molecule has 3 aromatic rings. The van der Waals surface area contributed by atoms with Crippen molar-refractivity contribution in [2.45, 2.75) is 0 Å². The maximum Gasteiger partial charge on any atom is 0.278 e. The van der Waals surface area contributed by atoms with E-state index in [4.69, 9.17) is 19.2 Å². The SMILES string of the molecule is COc1ccc(OC)c2sc(N(CCN3CCOCC3)C(=O)c3ccnn3C)nc12.Cl. The quantitative estimate of drug-likeness (QED) is 0.527. The van der Waals surface area contributed by atoms with Crippen LogP contribution >= 0.6 is 23.7 Å². The standard InChI is InChI=1S/C20H25N5O4S.ClH/c1-23-14(6-7-21-23)19(26)25(9-8-24-10-12-29-13-11-24)20-22-17-15(27-2)4-5-16(28-3)18(17)30-20;/h4-7H,8-13H2,1-3H3;1H. The van der Waals surface area contributed by atoms with Crippen molar-refractivity contribution in [1.29, 1.82) is 0 Å². The lowest BCUT2D eigenvalue weighted by Gasteiger charge is -2.29. The highest BCUT2D eigenvalue weighted by Gasteiger charge is 2.26. The molecule has 0 saturated carbocycles. The second-order valence-corrected chi connectivity index (χ2v) is 7.87. The Kier molecular flexibility index (Phi) is 7.71. The van der Waals surface area contributed by atoms with Gasteiger partial charge in [0.25, 0.3) is 5.91 Å². The van der Waals surface area contributed by atoms with Crippen LogP contribution in [0, 0.1) is 0 Å². The van der Waals surface area contributed by atoms with Gasteiger partial charge in [-0.15, -0.1) is 12.4 Å². The van der Waals surface area contributed by atoms with Gasteiger partial charge in [-0.1, -0.05) is 11.3 Å². The van der Waals surface area contributed by atoms with E-state index >= 15 is 0 Å². The molecule has 0 spiro atoms. The van der Waals surface area contributed by atoms with Gasteiger partial charge in [0.2, 0.25) is 0 Å². The van der Waals surface area contributed by atoms with Crippen LogP contribution in [0.25, 0.3) is 10.2 Å². The van der Waals surface area contributed by atoms with E-state index < -0.39 is 0 Å². The minimum Gasteiger partial charge on any atom is -0.495 e. The predicted octanol–water partition coefficient (Wildman–Crippen LogP) is 2.45. The molecule has 4 rings (SSSR count). The zero-order valence-electron chi connectivity index (χ0n) is 17.7. The minimum absolute atomic E-state index is 0. The third kappa shape index (κ3) is 4.77. The summed E-state index contributed by atoms with van der Waals surface area (Å²) < 4.78 is 18.8. The number of methoxy groups -OCH3 is 2. The molecule has 11 heteroatoms. The number of aromatic nitrogens is 3. The van der Waals surface area contributed by atoms with Crippen LogP contribution in [-0.2, 0) is 11.8 Å². The summed E-state index contributed by atoms with van der Waals surface area (Å²) in [6.45, 7) is 4.38. The number of rotatable bonds is 7. The van der Waals surface area contributed by atoms with E-state index in [9.17, 15) is 4.79 Å². The first-order valence-electron chi connectivity index (χ1n) is 9.74. The summed E-state index contributed by atoms with van der Waals surface area (Å²) in [5.74, 6) is 1.21. The highest BCUT2D eigenvalue weighted by molar-refractivity contribution is 7.22. The number of anilines is 1. The van der Waals surface area contributed by atoms with Crippen molar-refractivity contribution in [3.05, 3.63) is 30.1 Å². The fourth-order valence-corrected chi connectivity index (χ4v) is 4.56. The zero-order chi connectivity index (χ0) is 21.1. The Balaban J connectivity index is 0.00000272. The van der Waals surface area contributed by atoms with Crippen molar-refractivity contribution < 1.29 is 19.0 Å². The number of carbonyl (C=O) groups excluding carboxylic acids is 1. The summed E-state index contributed by atoms with van der Waals surface area (Å²) >= 11 is 1.42. The molecule has 0 radical (unpaired) electrons. The summed E-state index contributed by atoms with van der Waals surface area (Å²) in [4.78, 5) is 22.2. The molecule has 0 aliphatic carbocycles. The van der Waals surface area contributed by atoms with E-state index in [0.717, 1.165) is 24.3 Å². The van der Waals surface area contributed by atoms with Crippen molar-refractivity contribution in [2.75, 3.05) is 58.5 Å². The first-order chi connectivity index (χ1) is 14.6.